The molecule has 1 unspecified atom stereocenters. The summed E-state index contributed by atoms with van der Waals surface area (Å²) in [6.45, 7) is 2.40. The van der Waals surface area contributed by atoms with Crippen molar-refractivity contribution in [3.63, 3.8) is 0 Å². The van der Waals surface area contributed by atoms with Gasteiger partial charge in [0.25, 0.3) is 5.91 Å². The molecule has 0 saturated heterocycles. The fourth-order valence-corrected chi connectivity index (χ4v) is 5.76. The van der Waals surface area contributed by atoms with Crippen molar-refractivity contribution < 1.29 is 4.79 Å². The number of nitrogens with zero attached hydrogens (tertiary/aromatic N) is 2. The predicted octanol–water partition coefficient (Wildman–Crippen LogP) is 6.07. The van der Waals surface area contributed by atoms with E-state index in [0.29, 0.717) is 22.0 Å². The van der Waals surface area contributed by atoms with Crippen LogP contribution in [0, 0.1) is 11.3 Å². The van der Waals surface area contributed by atoms with Crippen LogP contribution in [0.5, 0.6) is 0 Å². The SMILES string of the molecule is CC1CC12CCC(c1ccc(C(=O)Nc3nnc(Cc4ccccc4)s3)cc1)CC2. The summed E-state index contributed by atoms with van der Waals surface area (Å²) in [6, 6.07) is 18.3. The van der Waals surface area contributed by atoms with Crippen LogP contribution < -0.4 is 5.32 Å². The van der Waals surface area contributed by atoms with E-state index in [2.05, 4.69) is 46.7 Å². The molecule has 1 N–H and O–H groups in total. The van der Waals surface area contributed by atoms with Crippen LogP contribution in [0.3, 0.4) is 0 Å². The van der Waals surface area contributed by atoms with Crippen LogP contribution in [0.15, 0.2) is 54.6 Å². The zero-order valence-electron chi connectivity index (χ0n) is 17.3. The molecule has 0 aliphatic heterocycles. The van der Waals surface area contributed by atoms with E-state index in [1.807, 2.05) is 30.3 Å². The van der Waals surface area contributed by atoms with Gasteiger partial charge in [-0.3, -0.25) is 10.1 Å². The average Bonchev–Trinajstić information content (AvgIpc) is 3.17. The first-order chi connectivity index (χ1) is 14.6. The molecule has 1 spiro atoms. The van der Waals surface area contributed by atoms with Crippen LogP contribution in [-0.4, -0.2) is 16.1 Å². The Hall–Kier alpha value is -2.53. The highest BCUT2D eigenvalue weighted by atomic mass is 32.1. The van der Waals surface area contributed by atoms with Gasteiger partial charge in [0.05, 0.1) is 0 Å². The fraction of sp³-hybridized carbons (Fsp3) is 0.400. The molecule has 1 aromatic heterocycles. The van der Waals surface area contributed by atoms with Gasteiger partial charge in [0.1, 0.15) is 5.01 Å². The molecule has 2 saturated carbocycles. The van der Waals surface area contributed by atoms with Gasteiger partial charge in [-0.15, -0.1) is 10.2 Å². The Labute approximate surface area is 181 Å². The number of amides is 1. The molecule has 30 heavy (non-hydrogen) atoms. The van der Waals surface area contributed by atoms with Gasteiger partial charge in [-0.25, -0.2) is 0 Å². The second kappa shape index (κ2) is 7.95. The summed E-state index contributed by atoms with van der Waals surface area (Å²) in [5.41, 5.74) is 3.90. The maximum Gasteiger partial charge on any atom is 0.257 e. The van der Waals surface area contributed by atoms with Crippen LogP contribution in [0.2, 0.25) is 0 Å². The maximum atomic E-state index is 12.6. The normalized spacial score (nSPS) is 25.2. The number of carbonyl (C=O) groups is 1. The van der Waals surface area contributed by atoms with Crippen molar-refractivity contribution in [1.29, 1.82) is 0 Å². The molecule has 0 bridgehead atoms. The molecule has 5 heteroatoms. The summed E-state index contributed by atoms with van der Waals surface area (Å²) in [5.74, 6) is 1.45. The van der Waals surface area contributed by atoms with Crippen molar-refractivity contribution in [1.82, 2.24) is 10.2 Å². The molecule has 2 aliphatic rings. The second-order valence-electron chi connectivity index (χ2n) is 8.98. The molecule has 154 valence electrons. The van der Waals surface area contributed by atoms with Gasteiger partial charge in [-0.1, -0.05) is 60.7 Å². The van der Waals surface area contributed by atoms with Crippen LogP contribution in [0.1, 0.15) is 71.4 Å². The summed E-state index contributed by atoms with van der Waals surface area (Å²) in [5, 5.41) is 12.7. The van der Waals surface area contributed by atoms with E-state index < -0.39 is 0 Å². The highest BCUT2D eigenvalue weighted by Gasteiger charge is 2.51. The molecule has 4 nitrogen and oxygen atoms in total. The van der Waals surface area contributed by atoms with Gasteiger partial charge in [-0.05, 0) is 72.6 Å². The third kappa shape index (κ3) is 4.04. The number of hydrogen-bond donors (Lipinski definition) is 1. The smallest absolute Gasteiger partial charge is 0.257 e. The van der Waals surface area contributed by atoms with Crippen LogP contribution in [0.4, 0.5) is 5.13 Å². The molecule has 0 radical (unpaired) electrons. The van der Waals surface area contributed by atoms with Gasteiger partial charge >= 0.3 is 0 Å². The summed E-state index contributed by atoms with van der Waals surface area (Å²) in [6.07, 6.45) is 7.45. The first-order valence-electron chi connectivity index (χ1n) is 10.9. The van der Waals surface area contributed by atoms with Crippen LogP contribution >= 0.6 is 11.3 Å². The van der Waals surface area contributed by atoms with Gasteiger partial charge in [-0.2, -0.15) is 0 Å². The monoisotopic (exact) mass is 417 g/mol. The van der Waals surface area contributed by atoms with Crippen LogP contribution in [-0.2, 0) is 6.42 Å². The number of hydrogen-bond acceptors (Lipinski definition) is 4. The Morgan fingerprint density at radius 3 is 2.43 bits per heavy atom. The van der Waals surface area contributed by atoms with E-state index in [4.69, 9.17) is 0 Å². The largest absolute Gasteiger partial charge is 0.296 e. The van der Waals surface area contributed by atoms with Crippen molar-refractivity contribution >= 4 is 22.4 Å². The van der Waals surface area contributed by atoms with Crippen molar-refractivity contribution in [3.8, 4) is 0 Å². The first-order valence-corrected chi connectivity index (χ1v) is 11.7. The van der Waals surface area contributed by atoms with E-state index in [1.165, 1.54) is 54.6 Å². The summed E-state index contributed by atoms with van der Waals surface area (Å²) in [4.78, 5) is 12.6. The van der Waals surface area contributed by atoms with Crippen molar-refractivity contribution in [2.45, 2.75) is 51.4 Å². The summed E-state index contributed by atoms with van der Waals surface area (Å²) in [7, 11) is 0. The topological polar surface area (TPSA) is 54.9 Å². The number of aromatic nitrogens is 2. The van der Waals surface area contributed by atoms with E-state index in [-0.39, 0.29) is 5.91 Å². The second-order valence-corrected chi connectivity index (χ2v) is 10.0. The number of benzene rings is 2. The van der Waals surface area contributed by atoms with Gasteiger partial charge in [0, 0.05) is 12.0 Å². The Kier molecular flexibility index (Phi) is 5.15. The minimum absolute atomic E-state index is 0.127. The molecule has 2 aromatic carbocycles. The Balaban J connectivity index is 1.18. The Morgan fingerprint density at radius 2 is 1.77 bits per heavy atom. The third-order valence-electron chi connectivity index (χ3n) is 7.11. The Bertz CT molecular complexity index is 1020. The fourth-order valence-electron chi connectivity index (χ4n) is 5.00. The van der Waals surface area contributed by atoms with Gasteiger partial charge in [0.2, 0.25) is 5.13 Å². The van der Waals surface area contributed by atoms with Gasteiger partial charge < -0.3 is 0 Å². The zero-order valence-corrected chi connectivity index (χ0v) is 18.1. The lowest BCUT2D eigenvalue weighted by Gasteiger charge is -2.29. The van der Waals surface area contributed by atoms with Crippen molar-refractivity contribution in [2.24, 2.45) is 11.3 Å². The van der Waals surface area contributed by atoms with Crippen LogP contribution in [0.25, 0.3) is 0 Å². The number of carbonyl (C=O) groups excluding carboxylic acids is 1. The first kappa shape index (κ1) is 19.4. The van der Waals surface area contributed by atoms with E-state index in [9.17, 15) is 4.79 Å². The molecule has 3 aromatic rings. The van der Waals surface area contributed by atoms with E-state index in [1.54, 1.807) is 0 Å². The highest BCUT2D eigenvalue weighted by Crippen LogP contribution is 2.62. The number of anilines is 1. The number of nitrogens with one attached hydrogen (secondary N) is 1. The van der Waals surface area contributed by atoms with E-state index in [0.717, 1.165) is 17.3 Å². The Morgan fingerprint density at radius 1 is 1.07 bits per heavy atom. The molecule has 1 heterocycles. The molecule has 2 fully saturated rings. The standard InChI is InChI=1S/C25H27N3OS/c1-17-16-25(17)13-11-20(12-14-25)19-7-9-21(10-8-19)23(29)26-24-28-27-22(30-24)15-18-5-3-2-4-6-18/h2-10,17,20H,11-16H2,1H3,(H,26,28,29). The third-order valence-corrected chi connectivity index (χ3v) is 7.95. The molecular formula is C25H27N3OS. The predicted molar refractivity (Wildman–Crippen MR) is 121 cm³/mol. The molecule has 1 amide bonds. The van der Waals surface area contributed by atoms with Crippen molar-refractivity contribution in [3.05, 3.63) is 76.3 Å². The van der Waals surface area contributed by atoms with Crippen molar-refractivity contribution in [2.75, 3.05) is 5.32 Å². The summed E-state index contributed by atoms with van der Waals surface area (Å²) < 4.78 is 0. The minimum atomic E-state index is -0.127. The quantitative estimate of drug-likeness (QED) is 0.548. The average molecular weight is 418 g/mol. The lowest BCUT2D eigenvalue weighted by Crippen LogP contribution is -2.16. The zero-order chi connectivity index (χ0) is 20.6. The molecular weight excluding hydrogens is 390 g/mol. The molecule has 5 rings (SSSR count). The lowest BCUT2D eigenvalue weighted by molar-refractivity contribution is 0.102. The molecule has 2 aliphatic carbocycles. The van der Waals surface area contributed by atoms with E-state index >= 15 is 0 Å². The summed E-state index contributed by atoms with van der Waals surface area (Å²) >= 11 is 1.43. The molecule has 1 atom stereocenters. The lowest BCUT2D eigenvalue weighted by atomic mass is 9.76. The number of rotatable bonds is 5. The minimum Gasteiger partial charge on any atom is -0.296 e. The maximum absolute atomic E-state index is 12.6. The highest BCUT2D eigenvalue weighted by molar-refractivity contribution is 7.15. The van der Waals surface area contributed by atoms with Gasteiger partial charge in [0.15, 0.2) is 0 Å².